The van der Waals surface area contributed by atoms with E-state index in [0.717, 1.165) is 26.9 Å². The molecule has 1 nitrogen and oxygen atoms in total. The predicted molar refractivity (Wildman–Crippen MR) is 67.2 cm³/mol. The third-order valence-corrected chi connectivity index (χ3v) is 4.15. The predicted octanol–water partition coefficient (Wildman–Crippen LogP) is 3.79. The highest BCUT2D eigenvalue weighted by Crippen LogP contribution is 2.24. The van der Waals surface area contributed by atoms with Crippen molar-refractivity contribution in [3.05, 3.63) is 43.9 Å². The first-order chi connectivity index (χ1) is 7.13. The highest BCUT2D eigenvalue weighted by Gasteiger charge is 2.07. The Morgan fingerprint density at radius 1 is 1.40 bits per heavy atom. The summed E-state index contributed by atoms with van der Waals surface area (Å²) in [4.78, 5) is 13.2. The molecule has 2 rings (SSSR count). The summed E-state index contributed by atoms with van der Waals surface area (Å²) in [6.07, 6.45) is 0.907. The fourth-order valence-corrected chi connectivity index (χ4v) is 2.87. The first-order valence-electron chi connectivity index (χ1n) is 4.85. The Morgan fingerprint density at radius 2 is 2.13 bits per heavy atom. The number of hydrogen-bond acceptors (Lipinski definition) is 2. The van der Waals surface area contributed by atoms with Crippen LogP contribution in [0.2, 0.25) is 5.02 Å². The summed E-state index contributed by atoms with van der Waals surface area (Å²) >= 11 is 7.56. The zero-order valence-corrected chi connectivity index (χ0v) is 10.2. The molecule has 0 amide bonds. The van der Waals surface area contributed by atoms with Crippen molar-refractivity contribution in [2.24, 2.45) is 0 Å². The molecule has 0 N–H and O–H groups in total. The van der Waals surface area contributed by atoms with Crippen LogP contribution in [-0.4, -0.2) is 0 Å². The van der Waals surface area contributed by atoms with Gasteiger partial charge in [-0.15, -0.1) is 11.3 Å². The highest BCUT2D eigenvalue weighted by molar-refractivity contribution is 7.18. The SMILES string of the molecule is CCc1sc2ccc(Cl)cc2c(=O)c1C. The summed E-state index contributed by atoms with van der Waals surface area (Å²) in [6, 6.07) is 5.50. The molecule has 3 heteroatoms. The number of fused-ring (bicyclic) bond motifs is 1. The maximum absolute atomic E-state index is 12.0. The number of benzene rings is 1. The highest BCUT2D eigenvalue weighted by atomic mass is 35.5. The summed E-state index contributed by atoms with van der Waals surface area (Å²) in [5.74, 6) is 0. The molecule has 0 bridgehead atoms. The lowest BCUT2D eigenvalue weighted by Crippen LogP contribution is -2.07. The lowest BCUT2D eigenvalue weighted by Gasteiger charge is -2.04. The van der Waals surface area contributed by atoms with Crippen LogP contribution in [0.4, 0.5) is 0 Å². The Hall–Kier alpha value is -0.860. The standard InChI is InChI=1S/C12H11ClOS/c1-3-10-7(2)12(14)9-6-8(13)4-5-11(9)15-10/h4-6H,3H2,1-2H3. The van der Waals surface area contributed by atoms with Crippen molar-refractivity contribution in [1.82, 2.24) is 0 Å². The Morgan fingerprint density at radius 3 is 2.80 bits per heavy atom. The van der Waals surface area contributed by atoms with Crippen molar-refractivity contribution in [2.75, 3.05) is 0 Å². The fourth-order valence-electron chi connectivity index (χ4n) is 1.64. The van der Waals surface area contributed by atoms with E-state index in [1.165, 1.54) is 0 Å². The average Bonchev–Trinajstić information content (AvgIpc) is 2.24. The van der Waals surface area contributed by atoms with E-state index in [2.05, 4.69) is 6.92 Å². The average molecular weight is 239 g/mol. The molecule has 1 heterocycles. The van der Waals surface area contributed by atoms with E-state index < -0.39 is 0 Å². The van der Waals surface area contributed by atoms with E-state index in [1.807, 2.05) is 19.1 Å². The molecule has 1 aromatic heterocycles. The van der Waals surface area contributed by atoms with E-state index in [9.17, 15) is 4.79 Å². The minimum Gasteiger partial charge on any atom is -0.289 e. The second-order valence-corrected chi connectivity index (χ2v) is 5.05. The normalized spacial score (nSPS) is 10.9. The third-order valence-electron chi connectivity index (χ3n) is 2.50. The summed E-state index contributed by atoms with van der Waals surface area (Å²) < 4.78 is 1.02. The molecule has 0 aliphatic carbocycles. The smallest absolute Gasteiger partial charge is 0.191 e. The van der Waals surface area contributed by atoms with Crippen LogP contribution in [0.3, 0.4) is 0 Å². The summed E-state index contributed by atoms with van der Waals surface area (Å²) in [5.41, 5.74) is 0.973. The molecule has 0 saturated heterocycles. The van der Waals surface area contributed by atoms with Gasteiger partial charge < -0.3 is 0 Å². The molecule has 1 aromatic carbocycles. The Labute approximate surface area is 97.3 Å². The van der Waals surface area contributed by atoms with E-state index in [0.29, 0.717) is 5.02 Å². The first kappa shape index (κ1) is 10.7. The minimum atomic E-state index is 0.114. The van der Waals surface area contributed by atoms with Gasteiger partial charge in [-0.05, 0) is 31.5 Å². The van der Waals surface area contributed by atoms with Crippen LogP contribution >= 0.6 is 22.9 Å². The van der Waals surface area contributed by atoms with E-state index in [1.54, 1.807) is 17.4 Å². The number of rotatable bonds is 1. The van der Waals surface area contributed by atoms with Crippen molar-refractivity contribution in [1.29, 1.82) is 0 Å². The van der Waals surface area contributed by atoms with Gasteiger partial charge in [0.05, 0.1) is 0 Å². The van der Waals surface area contributed by atoms with Gasteiger partial charge in [-0.25, -0.2) is 0 Å². The molecule has 15 heavy (non-hydrogen) atoms. The minimum absolute atomic E-state index is 0.114. The lowest BCUT2D eigenvalue weighted by atomic mass is 10.1. The maximum atomic E-state index is 12.0. The number of halogens is 1. The van der Waals surface area contributed by atoms with Gasteiger partial charge in [0, 0.05) is 25.5 Å². The monoisotopic (exact) mass is 238 g/mol. The van der Waals surface area contributed by atoms with Crippen molar-refractivity contribution < 1.29 is 0 Å². The molecule has 0 fully saturated rings. The van der Waals surface area contributed by atoms with E-state index >= 15 is 0 Å². The Kier molecular flexibility index (Phi) is 2.81. The van der Waals surface area contributed by atoms with Gasteiger partial charge in [-0.1, -0.05) is 18.5 Å². The molecule has 0 spiro atoms. The van der Waals surface area contributed by atoms with Gasteiger partial charge in [0.25, 0.3) is 0 Å². The van der Waals surface area contributed by atoms with Gasteiger partial charge >= 0.3 is 0 Å². The van der Waals surface area contributed by atoms with Crippen molar-refractivity contribution >= 4 is 33.0 Å². The maximum Gasteiger partial charge on any atom is 0.191 e. The Balaban J connectivity index is 2.91. The van der Waals surface area contributed by atoms with E-state index in [4.69, 9.17) is 11.6 Å². The second kappa shape index (κ2) is 3.95. The van der Waals surface area contributed by atoms with Crippen molar-refractivity contribution in [2.45, 2.75) is 20.3 Å². The van der Waals surface area contributed by atoms with E-state index in [-0.39, 0.29) is 5.43 Å². The molecule has 0 atom stereocenters. The van der Waals surface area contributed by atoms with Gasteiger partial charge in [0.15, 0.2) is 5.43 Å². The number of hydrogen-bond donors (Lipinski definition) is 0. The second-order valence-electron chi connectivity index (χ2n) is 3.47. The Bertz CT molecular complexity index is 572. The zero-order valence-electron chi connectivity index (χ0n) is 8.63. The van der Waals surface area contributed by atoms with Crippen molar-refractivity contribution in [3.8, 4) is 0 Å². The van der Waals surface area contributed by atoms with Crippen molar-refractivity contribution in [3.63, 3.8) is 0 Å². The molecule has 0 aliphatic heterocycles. The van der Waals surface area contributed by atoms with Crippen LogP contribution in [0.1, 0.15) is 17.4 Å². The number of aryl methyl sites for hydroxylation is 1. The van der Waals surface area contributed by atoms with Gasteiger partial charge in [0.1, 0.15) is 0 Å². The van der Waals surface area contributed by atoms with Crippen LogP contribution in [0, 0.1) is 6.92 Å². The topological polar surface area (TPSA) is 17.1 Å². The molecule has 0 unspecified atom stereocenters. The summed E-state index contributed by atoms with van der Waals surface area (Å²) in [7, 11) is 0. The largest absolute Gasteiger partial charge is 0.289 e. The fraction of sp³-hybridized carbons (Fsp3) is 0.250. The van der Waals surface area contributed by atoms with Crippen LogP contribution in [0.5, 0.6) is 0 Å². The molecule has 0 radical (unpaired) electrons. The van der Waals surface area contributed by atoms with Crippen LogP contribution in [0.25, 0.3) is 10.1 Å². The molecular formula is C12H11ClOS. The van der Waals surface area contributed by atoms with Gasteiger partial charge in [-0.3, -0.25) is 4.79 Å². The lowest BCUT2D eigenvalue weighted by molar-refractivity contribution is 1.15. The summed E-state index contributed by atoms with van der Waals surface area (Å²) in [6.45, 7) is 3.96. The van der Waals surface area contributed by atoms with Crippen LogP contribution < -0.4 is 5.43 Å². The van der Waals surface area contributed by atoms with Gasteiger partial charge in [-0.2, -0.15) is 0 Å². The molecule has 0 aliphatic rings. The molecular weight excluding hydrogens is 228 g/mol. The molecule has 2 aromatic rings. The quantitative estimate of drug-likeness (QED) is 0.739. The van der Waals surface area contributed by atoms with Crippen LogP contribution in [-0.2, 0) is 6.42 Å². The van der Waals surface area contributed by atoms with Crippen LogP contribution in [0.15, 0.2) is 23.0 Å². The first-order valence-corrected chi connectivity index (χ1v) is 6.04. The summed E-state index contributed by atoms with van der Waals surface area (Å²) in [5, 5.41) is 1.36. The van der Waals surface area contributed by atoms with Gasteiger partial charge in [0.2, 0.25) is 0 Å². The molecule has 0 saturated carbocycles. The zero-order chi connectivity index (χ0) is 11.0. The third kappa shape index (κ3) is 1.80. The molecule has 78 valence electrons.